The van der Waals surface area contributed by atoms with Crippen molar-refractivity contribution < 1.29 is 5.11 Å². The van der Waals surface area contributed by atoms with Crippen molar-refractivity contribution in [2.45, 2.75) is 0 Å². The number of fused-ring (bicyclic) bond motifs is 1. The molecule has 15 heavy (non-hydrogen) atoms. The van der Waals surface area contributed by atoms with Crippen LogP contribution in [0.25, 0.3) is 0 Å². The Kier molecular flexibility index (Phi) is 3.42. The molecule has 0 spiro atoms. The van der Waals surface area contributed by atoms with Gasteiger partial charge in [0, 0.05) is 29.9 Å². The number of para-hydroxylation sites is 1. The van der Waals surface area contributed by atoms with E-state index in [1.54, 1.807) is 18.1 Å². The Balaban J connectivity index is 2.27. The van der Waals surface area contributed by atoms with Gasteiger partial charge in [0.25, 0.3) is 0 Å². The molecule has 1 aliphatic rings. The van der Waals surface area contributed by atoms with Crippen LogP contribution in [0.4, 0.5) is 5.69 Å². The first-order valence-electron chi connectivity index (χ1n) is 4.74. The summed E-state index contributed by atoms with van der Waals surface area (Å²) >= 11 is 1.57. The molecular weight excluding hydrogens is 208 g/mol. The minimum atomic E-state index is 0.179. The van der Waals surface area contributed by atoms with Gasteiger partial charge in [0.05, 0.1) is 12.3 Å². The third kappa shape index (κ3) is 2.40. The molecule has 0 radical (unpaired) electrons. The average Bonchev–Trinajstić information content (AvgIpc) is 2.49. The Hall–Kier alpha value is -1.26. The highest BCUT2D eigenvalue weighted by molar-refractivity contribution is 8.00. The third-order valence-corrected chi connectivity index (χ3v) is 2.96. The second-order valence-corrected chi connectivity index (χ2v) is 4.08. The first kappa shape index (κ1) is 10.3. The van der Waals surface area contributed by atoms with Crippen LogP contribution in [-0.4, -0.2) is 23.7 Å². The molecule has 0 unspecified atom stereocenters. The van der Waals surface area contributed by atoms with Gasteiger partial charge in [-0.2, -0.15) is 0 Å². The Labute approximate surface area is 93.3 Å². The number of hydrogen-bond donors (Lipinski definition) is 1. The normalized spacial score (nSPS) is 13.8. The predicted molar refractivity (Wildman–Crippen MR) is 65.2 cm³/mol. The van der Waals surface area contributed by atoms with Crippen molar-refractivity contribution in [3.8, 4) is 0 Å². The minimum Gasteiger partial charge on any atom is -0.395 e. The zero-order valence-corrected chi connectivity index (χ0v) is 9.02. The van der Waals surface area contributed by atoms with Crippen LogP contribution >= 0.6 is 11.9 Å². The Morgan fingerprint density at radius 2 is 2.20 bits per heavy atom. The zero-order chi connectivity index (χ0) is 10.5. The molecule has 0 saturated carbocycles. The van der Waals surface area contributed by atoms with Gasteiger partial charge in [0.1, 0.15) is 0 Å². The first-order chi connectivity index (χ1) is 7.42. The molecule has 4 heteroatoms. The van der Waals surface area contributed by atoms with Crippen molar-refractivity contribution >= 4 is 23.8 Å². The van der Waals surface area contributed by atoms with Crippen molar-refractivity contribution in [2.75, 3.05) is 16.7 Å². The number of aliphatic imine (C=N–C) groups is 1. The summed E-state index contributed by atoms with van der Waals surface area (Å²) in [7, 11) is 0. The van der Waals surface area contributed by atoms with E-state index in [0.717, 1.165) is 11.3 Å². The summed E-state index contributed by atoms with van der Waals surface area (Å²) in [4.78, 5) is 4.15. The summed E-state index contributed by atoms with van der Waals surface area (Å²) in [6, 6.07) is 8.06. The lowest BCUT2D eigenvalue weighted by Crippen LogP contribution is -2.08. The van der Waals surface area contributed by atoms with Gasteiger partial charge < -0.3 is 5.11 Å². The van der Waals surface area contributed by atoms with Crippen molar-refractivity contribution in [1.29, 1.82) is 0 Å². The van der Waals surface area contributed by atoms with E-state index in [0.29, 0.717) is 5.75 Å². The quantitative estimate of drug-likeness (QED) is 0.792. The zero-order valence-electron chi connectivity index (χ0n) is 8.21. The van der Waals surface area contributed by atoms with Crippen molar-refractivity contribution in [3.05, 3.63) is 42.2 Å². The van der Waals surface area contributed by atoms with Gasteiger partial charge in [0.2, 0.25) is 0 Å². The fourth-order valence-corrected chi connectivity index (χ4v) is 2.08. The van der Waals surface area contributed by atoms with Crippen molar-refractivity contribution in [2.24, 2.45) is 4.99 Å². The molecule has 2 rings (SSSR count). The standard InChI is InChI=1S/C11H12N2OS/c14-7-8-15-13-6-5-12-9-10-3-1-2-4-11(10)13/h1-6,9,14H,7-8H2. The molecule has 1 aromatic carbocycles. The van der Waals surface area contributed by atoms with Crippen LogP contribution in [0, 0.1) is 0 Å². The summed E-state index contributed by atoms with van der Waals surface area (Å²) in [5.74, 6) is 0.679. The molecular formula is C11H12N2OS. The van der Waals surface area contributed by atoms with E-state index in [-0.39, 0.29) is 6.61 Å². The van der Waals surface area contributed by atoms with Crippen LogP contribution < -0.4 is 4.31 Å². The number of benzene rings is 1. The topological polar surface area (TPSA) is 35.8 Å². The van der Waals surface area contributed by atoms with E-state index in [1.165, 1.54) is 0 Å². The summed E-state index contributed by atoms with van der Waals surface area (Å²) < 4.78 is 2.03. The van der Waals surface area contributed by atoms with E-state index in [1.807, 2.05) is 41.0 Å². The smallest absolute Gasteiger partial charge is 0.0606 e. The molecule has 0 aliphatic carbocycles. The van der Waals surface area contributed by atoms with E-state index in [9.17, 15) is 0 Å². The maximum Gasteiger partial charge on any atom is 0.0606 e. The van der Waals surface area contributed by atoms with E-state index >= 15 is 0 Å². The molecule has 0 bridgehead atoms. The van der Waals surface area contributed by atoms with Gasteiger partial charge >= 0.3 is 0 Å². The minimum absolute atomic E-state index is 0.179. The summed E-state index contributed by atoms with van der Waals surface area (Å²) in [5, 5.41) is 8.81. The molecule has 0 fully saturated rings. The highest BCUT2D eigenvalue weighted by Crippen LogP contribution is 2.27. The van der Waals surface area contributed by atoms with Gasteiger partial charge in [0.15, 0.2) is 0 Å². The lowest BCUT2D eigenvalue weighted by molar-refractivity contribution is 0.322. The number of rotatable bonds is 3. The van der Waals surface area contributed by atoms with Crippen LogP contribution in [-0.2, 0) is 0 Å². The number of nitrogens with zero attached hydrogens (tertiary/aromatic N) is 2. The number of aliphatic hydroxyl groups is 1. The van der Waals surface area contributed by atoms with Crippen LogP contribution in [0.3, 0.4) is 0 Å². The first-order valence-corrected chi connectivity index (χ1v) is 5.68. The third-order valence-electron chi connectivity index (χ3n) is 2.00. The van der Waals surface area contributed by atoms with E-state index in [2.05, 4.69) is 4.99 Å². The second-order valence-electron chi connectivity index (χ2n) is 3.02. The van der Waals surface area contributed by atoms with Crippen LogP contribution in [0.5, 0.6) is 0 Å². The highest BCUT2D eigenvalue weighted by atomic mass is 32.2. The van der Waals surface area contributed by atoms with Gasteiger partial charge in [-0.25, -0.2) is 0 Å². The molecule has 1 aliphatic heterocycles. The maximum absolute atomic E-state index is 8.81. The lowest BCUT2D eigenvalue weighted by Gasteiger charge is -2.18. The predicted octanol–water partition coefficient (Wildman–Crippen LogP) is 2.04. The average molecular weight is 220 g/mol. The lowest BCUT2D eigenvalue weighted by atomic mass is 10.2. The molecule has 0 saturated heterocycles. The molecule has 1 N–H and O–H groups in total. The highest BCUT2D eigenvalue weighted by Gasteiger charge is 2.09. The van der Waals surface area contributed by atoms with Crippen LogP contribution in [0.2, 0.25) is 0 Å². The number of aliphatic hydroxyl groups excluding tert-OH is 1. The molecule has 0 amide bonds. The van der Waals surface area contributed by atoms with E-state index in [4.69, 9.17) is 5.11 Å². The molecule has 0 aromatic heterocycles. The van der Waals surface area contributed by atoms with Crippen LogP contribution in [0.1, 0.15) is 5.56 Å². The second kappa shape index (κ2) is 5.00. The molecule has 78 valence electrons. The SMILES string of the molecule is OCCSN1C=CN=Cc2ccccc21. The summed E-state index contributed by atoms with van der Waals surface area (Å²) in [6.45, 7) is 0.179. The number of hydrogen-bond acceptors (Lipinski definition) is 4. The van der Waals surface area contributed by atoms with Crippen molar-refractivity contribution in [3.63, 3.8) is 0 Å². The maximum atomic E-state index is 8.81. The summed E-state index contributed by atoms with van der Waals surface area (Å²) in [5.41, 5.74) is 2.20. The monoisotopic (exact) mass is 220 g/mol. The molecule has 1 aromatic rings. The molecule has 3 nitrogen and oxygen atoms in total. The van der Waals surface area contributed by atoms with E-state index < -0.39 is 0 Å². The van der Waals surface area contributed by atoms with Gasteiger partial charge in [-0.3, -0.25) is 9.30 Å². The largest absolute Gasteiger partial charge is 0.395 e. The molecule has 0 atom stereocenters. The van der Waals surface area contributed by atoms with Gasteiger partial charge in [-0.15, -0.1) is 0 Å². The fourth-order valence-electron chi connectivity index (χ4n) is 1.35. The Morgan fingerprint density at radius 3 is 3.07 bits per heavy atom. The Morgan fingerprint density at radius 1 is 1.33 bits per heavy atom. The fraction of sp³-hybridized carbons (Fsp3) is 0.182. The van der Waals surface area contributed by atoms with Crippen LogP contribution in [0.15, 0.2) is 41.7 Å². The molecule has 1 heterocycles. The van der Waals surface area contributed by atoms with Crippen molar-refractivity contribution in [1.82, 2.24) is 0 Å². The summed E-state index contributed by atoms with van der Waals surface area (Å²) in [6.07, 6.45) is 5.50. The van der Waals surface area contributed by atoms with Gasteiger partial charge in [-0.05, 0) is 18.0 Å². The van der Waals surface area contributed by atoms with Gasteiger partial charge in [-0.1, -0.05) is 18.2 Å². The number of anilines is 1. The Bertz CT molecular complexity index is 390.